The average Bonchev–Trinajstić information content (AvgIpc) is 2.31. The molecule has 3 N–H and O–H groups in total. The summed E-state index contributed by atoms with van der Waals surface area (Å²) in [4.78, 5) is 14.0. The van der Waals surface area contributed by atoms with E-state index in [1.54, 1.807) is 6.20 Å². The van der Waals surface area contributed by atoms with Gasteiger partial charge in [0.25, 0.3) is 5.56 Å². The Kier molecular flexibility index (Phi) is 3.18. The van der Waals surface area contributed by atoms with Gasteiger partial charge in [-0.2, -0.15) is 0 Å². The molecule has 1 aliphatic heterocycles. The number of hydrogen-bond acceptors (Lipinski definition) is 3. The maximum atomic E-state index is 11.3. The molecule has 1 atom stereocenters. The molecule has 0 aliphatic carbocycles. The van der Waals surface area contributed by atoms with Gasteiger partial charge in [-0.05, 0) is 24.5 Å². The first-order valence-corrected chi connectivity index (χ1v) is 5.30. The topological polar surface area (TPSA) is 68.1 Å². The van der Waals surface area contributed by atoms with Crippen molar-refractivity contribution in [1.82, 2.24) is 4.98 Å². The van der Waals surface area contributed by atoms with Crippen molar-refractivity contribution in [2.75, 3.05) is 13.2 Å². The van der Waals surface area contributed by atoms with Crippen molar-refractivity contribution in [3.05, 3.63) is 33.7 Å². The Bertz CT molecular complexity index is 380. The number of nitrogens with one attached hydrogen (secondary N) is 1. The van der Waals surface area contributed by atoms with Crippen molar-refractivity contribution >= 4 is 0 Å². The van der Waals surface area contributed by atoms with Gasteiger partial charge in [0.15, 0.2) is 0 Å². The van der Waals surface area contributed by atoms with Crippen LogP contribution in [-0.2, 0) is 11.3 Å². The molecule has 1 fully saturated rings. The minimum atomic E-state index is -0.0852. The van der Waals surface area contributed by atoms with Crippen molar-refractivity contribution in [3.63, 3.8) is 0 Å². The molecule has 0 amide bonds. The Morgan fingerprint density at radius 2 is 2.47 bits per heavy atom. The first-order chi connectivity index (χ1) is 7.31. The number of pyridine rings is 1. The fourth-order valence-corrected chi connectivity index (χ4v) is 1.94. The van der Waals surface area contributed by atoms with E-state index < -0.39 is 0 Å². The maximum absolute atomic E-state index is 11.3. The lowest BCUT2D eigenvalue weighted by molar-refractivity contribution is 0.0803. The number of aromatic amines is 1. The van der Waals surface area contributed by atoms with Crippen molar-refractivity contribution < 1.29 is 4.74 Å². The zero-order valence-corrected chi connectivity index (χ0v) is 8.66. The van der Waals surface area contributed by atoms with E-state index in [0.29, 0.717) is 11.5 Å². The van der Waals surface area contributed by atoms with Gasteiger partial charge in [0.05, 0.1) is 6.61 Å². The number of aromatic nitrogens is 1. The normalized spacial score (nSPS) is 21.5. The van der Waals surface area contributed by atoms with Gasteiger partial charge in [0, 0.05) is 30.8 Å². The van der Waals surface area contributed by atoms with Crippen LogP contribution in [0.2, 0.25) is 0 Å². The molecule has 1 aromatic heterocycles. The summed E-state index contributed by atoms with van der Waals surface area (Å²) in [6.45, 7) is 1.89. The summed E-state index contributed by atoms with van der Waals surface area (Å²) in [5, 5.41) is 0. The van der Waals surface area contributed by atoms with Crippen molar-refractivity contribution in [2.24, 2.45) is 5.73 Å². The van der Waals surface area contributed by atoms with E-state index in [9.17, 15) is 4.79 Å². The van der Waals surface area contributed by atoms with Crippen LogP contribution in [0.15, 0.2) is 17.1 Å². The van der Waals surface area contributed by atoms with Crippen LogP contribution in [0, 0.1) is 0 Å². The molecule has 15 heavy (non-hydrogen) atoms. The predicted octanol–water partition coefficient (Wildman–Crippen LogP) is 0.728. The Labute approximate surface area is 88.4 Å². The Morgan fingerprint density at radius 1 is 1.60 bits per heavy atom. The molecule has 4 nitrogen and oxygen atoms in total. The van der Waals surface area contributed by atoms with Gasteiger partial charge in [-0.15, -0.1) is 0 Å². The molecule has 0 saturated carbocycles. The highest BCUT2D eigenvalue weighted by Gasteiger charge is 2.16. The van der Waals surface area contributed by atoms with Crippen molar-refractivity contribution in [2.45, 2.75) is 25.3 Å². The van der Waals surface area contributed by atoms with Gasteiger partial charge >= 0.3 is 0 Å². The summed E-state index contributed by atoms with van der Waals surface area (Å²) in [7, 11) is 0. The summed E-state index contributed by atoms with van der Waals surface area (Å²) in [5.41, 5.74) is 7.20. The zero-order chi connectivity index (χ0) is 10.7. The van der Waals surface area contributed by atoms with Crippen LogP contribution in [-0.4, -0.2) is 18.2 Å². The Morgan fingerprint density at radius 3 is 3.13 bits per heavy atom. The van der Waals surface area contributed by atoms with E-state index in [2.05, 4.69) is 4.98 Å². The van der Waals surface area contributed by atoms with Gasteiger partial charge in [-0.25, -0.2) is 0 Å². The lowest BCUT2D eigenvalue weighted by Crippen LogP contribution is -2.20. The summed E-state index contributed by atoms with van der Waals surface area (Å²) in [6, 6.07) is 1.90. The molecular weight excluding hydrogens is 192 g/mol. The van der Waals surface area contributed by atoms with Crippen molar-refractivity contribution in [1.29, 1.82) is 0 Å². The zero-order valence-electron chi connectivity index (χ0n) is 8.66. The number of ether oxygens (including phenoxy) is 1. The quantitative estimate of drug-likeness (QED) is 0.752. The van der Waals surface area contributed by atoms with Crippen LogP contribution in [0.3, 0.4) is 0 Å². The van der Waals surface area contributed by atoms with E-state index in [0.717, 1.165) is 31.6 Å². The highest BCUT2D eigenvalue weighted by molar-refractivity contribution is 5.22. The predicted molar refractivity (Wildman–Crippen MR) is 57.7 cm³/mol. The van der Waals surface area contributed by atoms with E-state index in [1.165, 1.54) is 0 Å². The second-order valence-corrected chi connectivity index (χ2v) is 3.91. The molecule has 1 unspecified atom stereocenters. The van der Waals surface area contributed by atoms with Gasteiger partial charge < -0.3 is 15.5 Å². The first kappa shape index (κ1) is 10.4. The largest absolute Gasteiger partial charge is 0.381 e. The fraction of sp³-hybridized carbons (Fsp3) is 0.545. The third-order valence-electron chi connectivity index (χ3n) is 2.85. The first-order valence-electron chi connectivity index (χ1n) is 5.30. The lowest BCUT2D eigenvalue weighted by Gasteiger charge is -2.22. The average molecular weight is 208 g/mol. The van der Waals surface area contributed by atoms with E-state index in [-0.39, 0.29) is 12.1 Å². The third kappa shape index (κ3) is 2.27. The van der Waals surface area contributed by atoms with Crippen LogP contribution in [0.5, 0.6) is 0 Å². The lowest BCUT2D eigenvalue weighted by atomic mass is 9.94. The molecule has 0 bridgehead atoms. The van der Waals surface area contributed by atoms with E-state index in [4.69, 9.17) is 10.5 Å². The molecule has 0 spiro atoms. The second kappa shape index (κ2) is 4.59. The molecule has 4 heteroatoms. The molecule has 1 aromatic rings. The van der Waals surface area contributed by atoms with Gasteiger partial charge in [0.2, 0.25) is 0 Å². The van der Waals surface area contributed by atoms with E-state index in [1.807, 2.05) is 6.07 Å². The van der Waals surface area contributed by atoms with E-state index >= 15 is 0 Å². The number of hydrogen-bond donors (Lipinski definition) is 2. The van der Waals surface area contributed by atoms with Crippen LogP contribution in [0.1, 0.15) is 29.9 Å². The van der Waals surface area contributed by atoms with Crippen LogP contribution in [0.4, 0.5) is 0 Å². The third-order valence-corrected chi connectivity index (χ3v) is 2.85. The highest BCUT2D eigenvalue weighted by atomic mass is 16.5. The number of rotatable bonds is 2. The fourth-order valence-electron chi connectivity index (χ4n) is 1.94. The molecule has 82 valence electrons. The smallest absolute Gasteiger partial charge is 0.252 e. The molecule has 1 saturated heterocycles. The number of H-pyrrole nitrogens is 1. The van der Waals surface area contributed by atoms with Crippen LogP contribution >= 0.6 is 0 Å². The summed E-state index contributed by atoms with van der Waals surface area (Å²) in [6.07, 6.45) is 3.98. The van der Waals surface area contributed by atoms with Gasteiger partial charge in [-0.3, -0.25) is 4.79 Å². The summed E-state index contributed by atoms with van der Waals surface area (Å²) in [5.74, 6) is 0.404. The Hall–Kier alpha value is -1.13. The van der Waals surface area contributed by atoms with Gasteiger partial charge in [-0.1, -0.05) is 0 Å². The molecular formula is C11H16N2O2. The molecule has 0 radical (unpaired) electrons. The Balaban J connectivity index is 2.23. The number of nitrogens with two attached hydrogens (primary N) is 1. The monoisotopic (exact) mass is 208 g/mol. The molecule has 2 heterocycles. The minimum absolute atomic E-state index is 0.0852. The molecule has 0 aromatic carbocycles. The van der Waals surface area contributed by atoms with Crippen LogP contribution < -0.4 is 11.3 Å². The van der Waals surface area contributed by atoms with Crippen molar-refractivity contribution in [3.8, 4) is 0 Å². The maximum Gasteiger partial charge on any atom is 0.252 e. The second-order valence-electron chi connectivity index (χ2n) is 3.91. The molecule has 1 aliphatic rings. The highest BCUT2D eigenvalue weighted by Crippen LogP contribution is 2.24. The summed E-state index contributed by atoms with van der Waals surface area (Å²) >= 11 is 0. The van der Waals surface area contributed by atoms with Gasteiger partial charge in [0.1, 0.15) is 0 Å². The standard InChI is InChI=1S/C11H16N2O2/c12-5-9-4-10(6-13-11(9)14)8-2-1-3-15-7-8/h4,6,8H,1-3,5,7,12H2,(H,13,14). The summed E-state index contributed by atoms with van der Waals surface area (Å²) < 4.78 is 5.42. The minimum Gasteiger partial charge on any atom is -0.381 e. The SMILES string of the molecule is NCc1cc(C2CCCOC2)c[nH]c1=O. The molecule has 2 rings (SSSR count). The van der Waals surface area contributed by atoms with Crippen LogP contribution in [0.25, 0.3) is 0 Å².